The Labute approximate surface area is 161 Å². The first-order chi connectivity index (χ1) is 12.8. The molecule has 0 bridgehead atoms. The maximum Gasteiger partial charge on any atom is 0.245 e. The highest BCUT2D eigenvalue weighted by Gasteiger charge is 2.22. The van der Waals surface area contributed by atoms with E-state index in [2.05, 4.69) is 26.1 Å². The lowest BCUT2D eigenvalue weighted by Gasteiger charge is -2.21. The number of para-hydroxylation sites is 1. The summed E-state index contributed by atoms with van der Waals surface area (Å²) >= 11 is 0. The Hall–Kier alpha value is -2.63. The van der Waals surface area contributed by atoms with Crippen LogP contribution in [0.2, 0.25) is 0 Å². The number of anilines is 1. The molecule has 6 nitrogen and oxygen atoms in total. The molecule has 6 heteroatoms. The van der Waals surface area contributed by atoms with Crippen molar-refractivity contribution < 1.29 is 9.59 Å². The van der Waals surface area contributed by atoms with Crippen molar-refractivity contribution in [2.45, 2.75) is 52.9 Å². The van der Waals surface area contributed by atoms with Crippen molar-refractivity contribution >= 4 is 17.6 Å². The molecule has 0 radical (unpaired) electrons. The molecule has 1 aromatic heterocycles. The lowest BCUT2D eigenvalue weighted by Crippen LogP contribution is -2.38. The summed E-state index contributed by atoms with van der Waals surface area (Å²) in [5, 5.41) is 7.63. The summed E-state index contributed by atoms with van der Waals surface area (Å²) in [4.78, 5) is 26.3. The van der Waals surface area contributed by atoms with Gasteiger partial charge in [-0.25, -0.2) is 4.68 Å². The van der Waals surface area contributed by atoms with E-state index in [9.17, 15) is 9.59 Å². The monoisotopic (exact) mass is 370 g/mol. The van der Waals surface area contributed by atoms with E-state index in [0.717, 1.165) is 17.8 Å². The number of carbonyl (C=O) groups excluding carboxylic acids is 2. The number of amides is 2. The van der Waals surface area contributed by atoms with Gasteiger partial charge in [-0.2, -0.15) is 5.10 Å². The maximum absolute atomic E-state index is 12.6. The van der Waals surface area contributed by atoms with E-state index in [4.69, 9.17) is 5.10 Å². The van der Waals surface area contributed by atoms with E-state index in [1.165, 1.54) is 0 Å². The van der Waals surface area contributed by atoms with Crippen molar-refractivity contribution in [3.05, 3.63) is 42.1 Å². The van der Waals surface area contributed by atoms with Crippen LogP contribution >= 0.6 is 0 Å². The van der Waals surface area contributed by atoms with E-state index in [-0.39, 0.29) is 23.8 Å². The average Bonchev–Trinajstić information content (AvgIpc) is 3.05. The molecule has 0 aliphatic rings. The number of carbonyl (C=O) groups is 2. The second kappa shape index (κ2) is 8.84. The predicted octanol–water partition coefficient (Wildman–Crippen LogP) is 3.76. The highest BCUT2D eigenvalue weighted by atomic mass is 16.2. The minimum Gasteiger partial charge on any atom is -0.333 e. The maximum atomic E-state index is 12.6. The minimum atomic E-state index is -0.220. The third kappa shape index (κ3) is 5.42. The van der Waals surface area contributed by atoms with Gasteiger partial charge in [-0.1, -0.05) is 52.8 Å². The van der Waals surface area contributed by atoms with E-state index >= 15 is 0 Å². The van der Waals surface area contributed by atoms with Gasteiger partial charge in [0, 0.05) is 24.4 Å². The molecule has 0 atom stereocenters. The summed E-state index contributed by atoms with van der Waals surface area (Å²) in [6.45, 7) is 10.7. The van der Waals surface area contributed by atoms with Crippen LogP contribution in [0, 0.1) is 0 Å². The molecule has 1 heterocycles. The highest BCUT2D eigenvalue weighted by molar-refractivity contribution is 5.94. The van der Waals surface area contributed by atoms with Crippen LogP contribution in [-0.2, 0) is 15.0 Å². The molecule has 0 fully saturated rings. The van der Waals surface area contributed by atoms with Gasteiger partial charge < -0.3 is 10.2 Å². The van der Waals surface area contributed by atoms with Gasteiger partial charge in [0.1, 0.15) is 5.82 Å². The molecule has 0 spiro atoms. The summed E-state index contributed by atoms with van der Waals surface area (Å²) in [5.74, 6) is 0.373. The van der Waals surface area contributed by atoms with Gasteiger partial charge in [-0.3, -0.25) is 9.59 Å². The number of hydrogen-bond acceptors (Lipinski definition) is 3. The van der Waals surface area contributed by atoms with Gasteiger partial charge in [-0.05, 0) is 18.6 Å². The molecule has 0 saturated heterocycles. The van der Waals surface area contributed by atoms with Crippen LogP contribution in [0.3, 0.4) is 0 Å². The first-order valence-electron chi connectivity index (χ1n) is 9.49. The number of aromatic nitrogens is 2. The SMILES string of the molecule is CCCN(CC(=O)Nc1cc(C(C)(C)C)nn1-c1ccccc1)C(=O)CC. The van der Waals surface area contributed by atoms with Crippen molar-refractivity contribution in [1.29, 1.82) is 0 Å². The van der Waals surface area contributed by atoms with Gasteiger partial charge in [0.25, 0.3) is 0 Å². The molecule has 0 aliphatic carbocycles. The molecule has 146 valence electrons. The lowest BCUT2D eigenvalue weighted by atomic mass is 9.92. The zero-order valence-electron chi connectivity index (χ0n) is 17.0. The summed E-state index contributed by atoms with van der Waals surface area (Å²) < 4.78 is 1.74. The quantitative estimate of drug-likeness (QED) is 0.807. The van der Waals surface area contributed by atoms with Crippen LogP contribution in [0.5, 0.6) is 0 Å². The molecular weight excluding hydrogens is 340 g/mol. The molecule has 0 saturated carbocycles. The lowest BCUT2D eigenvalue weighted by molar-refractivity contribution is -0.134. The second-order valence-corrected chi connectivity index (χ2v) is 7.63. The summed E-state index contributed by atoms with van der Waals surface area (Å²) in [6, 6.07) is 11.6. The molecule has 0 aliphatic heterocycles. The van der Waals surface area contributed by atoms with Gasteiger partial charge >= 0.3 is 0 Å². The number of benzene rings is 1. The fourth-order valence-electron chi connectivity index (χ4n) is 2.74. The zero-order valence-corrected chi connectivity index (χ0v) is 17.0. The minimum absolute atomic E-state index is 0.0149. The van der Waals surface area contributed by atoms with Crippen molar-refractivity contribution in [2.75, 3.05) is 18.4 Å². The Morgan fingerprint density at radius 3 is 2.37 bits per heavy atom. The van der Waals surface area contributed by atoms with E-state index < -0.39 is 0 Å². The van der Waals surface area contributed by atoms with Crippen molar-refractivity contribution in [3.8, 4) is 5.69 Å². The van der Waals surface area contributed by atoms with E-state index in [1.54, 1.807) is 9.58 Å². The molecule has 0 unspecified atom stereocenters. The van der Waals surface area contributed by atoms with Gasteiger partial charge in [0.15, 0.2) is 0 Å². The summed E-state index contributed by atoms with van der Waals surface area (Å²) in [7, 11) is 0. The predicted molar refractivity (Wildman–Crippen MR) is 108 cm³/mol. The fraction of sp³-hybridized carbons (Fsp3) is 0.476. The Morgan fingerprint density at radius 1 is 1.15 bits per heavy atom. The van der Waals surface area contributed by atoms with Crippen LogP contribution < -0.4 is 5.32 Å². The zero-order chi connectivity index (χ0) is 20.0. The molecule has 2 rings (SSSR count). The second-order valence-electron chi connectivity index (χ2n) is 7.63. The number of rotatable bonds is 7. The van der Waals surface area contributed by atoms with Crippen LogP contribution in [0.1, 0.15) is 53.2 Å². The van der Waals surface area contributed by atoms with E-state index in [1.807, 2.05) is 50.2 Å². The normalized spacial score (nSPS) is 11.3. The van der Waals surface area contributed by atoms with Gasteiger partial charge in [-0.15, -0.1) is 0 Å². The molecule has 2 amide bonds. The topological polar surface area (TPSA) is 67.2 Å². The number of nitrogens with zero attached hydrogens (tertiary/aromatic N) is 3. The molecule has 1 aromatic carbocycles. The van der Waals surface area contributed by atoms with Crippen LogP contribution in [0.25, 0.3) is 5.69 Å². The first kappa shape index (κ1) is 20.7. The van der Waals surface area contributed by atoms with Crippen molar-refractivity contribution in [3.63, 3.8) is 0 Å². The summed E-state index contributed by atoms with van der Waals surface area (Å²) in [5.41, 5.74) is 1.61. The molecule has 27 heavy (non-hydrogen) atoms. The largest absolute Gasteiger partial charge is 0.333 e. The standard InChI is InChI=1S/C21H30N4O2/c1-6-13-24(20(27)7-2)15-19(26)22-18-14-17(21(3,4)5)23-25(18)16-11-9-8-10-12-16/h8-12,14H,6-7,13,15H2,1-5H3,(H,22,26). The van der Waals surface area contributed by atoms with Crippen LogP contribution in [0.4, 0.5) is 5.82 Å². The Morgan fingerprint density at radius 2 is 1.81 bits per heavy atom. The Bertz CT molecular complexity index is 775. The first-order valence-corrected chi connectivity index (χ1v) is 9.49. The number of nitrogens with one attached hydrogen (secondary N) is 1. The number of hydrogen-bond donors (Lipinski definition) is 1. The van der Waals surface area contributed by atoms with Gasteiger partial charge in [0.05, 0.1) is 17.9 Å². The van der Waals surface area contributed by atoms with Crippen molar-refractivity contribution in [2.24, 2.45) is 0 Å². The Balaban J connectivity index is 2.27. The fourth-order valence-corrected chi connectivity index (χ4v) is 2.74. The summed E-state index contributed by atoms with van der Waals surface area (Å²) in [6.07, 6.45) is 1.21. The van der Waals surface area contributed by atoms with Crippen molar-refractivity contribution in [1.82, 2.24) is 14.7 Å². The van der Waals surface area contributed by atoms with Crippen LogP contribution in [0.15, 0.2) is 36.4 Å². The Kier molecular flexibility index (Phi) is 6.77. The van der Waals surface area contributed by atoms with Gasteiger partial charge in [0.2, 0.25) is 11.8 Å². The van der Waals surface area contributed by atoms with E-state index in [0.29, 0.717) is 18.8 Å². The smallest absolute Gasteiger partial charge is 0.245 e. The molecular formula is C21H30N4O2. The van der Waals surface area contributed by atoms with Crippen LogP contribution in [-0.4, -0.2) is 39.6 Å². The highest BCUT2D eigenvalue weighted by Crippen LogP contribution is 2.26. The third-order valence-corrected chi connectivity index (χ3v) is 4.23. The third-order valence-electron chi connectivity index (χ3n) is 4.23. The average molecular weight is 370 g/mol. The molecule has 2 aromatic rings. The molecule has 1 N–H and O–H groups in total.